The quantitative estimate of drug-likeness (QED) is 0.828. The molecule has 0 bridgehead atoms. The van der Waals surface area contributed by atoms with Gasteiger partial charge in [0.2, 0.25) is 0 Å². The van der Waals surface area contributed by atoms with E-state index in [1.54, 1.807) is 6.33 Å². The van der Waals surface area contributed by atoms with Gasteiger partial charge in [0.1, 0.15) is 12.1 Å². The molecule has 1 N–H and O–H groups in total. The maximum atomic E-state index is 4.55. The summed E-state index contributed by atoms with van der Waals surface area (Å²) in [6.45, 7) is 4.77. The van der Waals surface area contributed by atoms with E-state index in [0.29, 0.717) is 6.04 Å². The van der Waals surface area contributed by atoms with Crippen LogP contribution in [-0.4, -0.2) is 16.0 Å². The van der Waals surface area contributed by atoms with Gasteiger partial charge in [0, 0.05) is 17.3 Å². The summed E-state index contributed by atoms with van der Waals surface area (Å²) >= 11 is 0. The Balaban J connectivity index is 1.74. The molecule has 1 fully saturated rings. The molecule has 110 valence electrons. The van der Waals surface area contributed by atoms with E-state index >= 15 is 0 Å². The van der Waals surface area contributed by atoms with Gasteiger partial charge in [-0.05, 0) is 56.8 Å². The lowest BCUT2D eigenvalue weighted by molar-refractivity contribution is 0.260. The summed E-state index contributed by atoms with van der Waals surface area (Å²) < 4.78 is 0. The van der Waals surface area contributed by atoms with Crippen LogP contribution in [0.15, 0.2) is 6.33 Å². The minimum absolute atomic E-state index is 0.600. The summed E-state index contributed by atoms with van der Waals surface area (Å²) in [6.07, 6.45) is 11.8. The molecule has 0 aromatic carbocycles. The van der Waals surface area contributed by atoms with Crippen molar-refractivity contribution in [1.29, 1.82) is 0 Å². The number of anilines is 1. The van der Waals surface area contributed by atoms with Crippen molar-refractivity contribution >= 4 is 5.82 Å². The van der Waals surface area contributed by atoms with Gasteiger partial charge in [-0.1, -0.05) is 20.3 Å². The van der Waals surface area contributed by atoms with Gasteiger partial charge in [-0.25, -0.2) is 9.97 Å². The first-order valence-corrected chi connectivity index (χ1v) is 8.33. The van der Waals surface area contributed by atoms with E-state index in [2.05, 4.69) is 29.1 Å². The fourth-order valence-electron chi connectivity index (χ4n) is 3.69. The van der Waals surface area contributed by atoms with Crippen molar-refractivity contribution in [2.75, 3.05) is 5.32 Å². The average Bonchev–Trinajstić information content (AvgIpc) is 2.69. The first-order valence-electron chi connectivity index (χ1n) is 8.33. The second-order valence-corrected chi connectivity index (χ2v) is 6.82. The number of hydrogen-bond donors (Lipinski definition) is 1. The van der Waals surface area contributed by atoms with Crippen LogP contribution in [0.25, 0.3) is 0 Å². The fraction of sp³-hybridized carbons (Fsp3) is 0.765. The normalized spacial score (nSPS) is 30.4. The van der Waals surface area contributed by atoms with Crippen LogP contribution in [0.2, 0.25) is 0 Å². The van der Waals surface area contributed by atoms with Crippen LogP contribution in [0, 0.1) is 11.8 Å². The Kier molecular flexibility index (Phi) is 4.23. The minimum atomic E-state index is 0.600. The van der Waals surface area contributed by atoms with Gasteiger partial charge in [-0.3, -0.25) is 0 Å². The van der Waals surface area contributed by atoms with E-state index in [9.17, 15) is 0 Å². The van der Waals surface area contributed by atoms with E-state index in [-0.39, 0.29) is 0 Å². The summed E-state index contributed by atoms with van der Waals surface area (Å²) in [5.74, 6) is 2.82. The summed E-state index contributed by atoms with van der Waals surface area (Å²) in [6, 6.07) is 0.600. The fourth-order valence-corrected chi connectivity index (χ4v) is 3.69. The Morgan fingerprint density at radius 2 is 1.85 bits per heavy atom. The molecule has 3 heteroatoms. The number of rotatable bonds is 2. The van der Waals surface area contributed by atoms with Gasteiger partial charge in [0.25, 0.3) is 0 Å². The number of nitrogens with zero attached hydrogens (tertiary/aromatic N) is 2. The van der Waals surface area contributed by atoms with Gasteiger partial charge in [-0.2, -0.15) is 0 Å². The highest BCUT2D eigenvalue weighted by Crippen LogP contribution is 2.32. The molecular weight excluding hydrogens is 246 g/mol. The Morgan fingerprint density at radius 1 is 1.00 bits per heavy atom. The average molecular weight is 273 g/mol. The van der Waals surface area contributed by atoms with E-state index in [1.165, 1.54) is 49.8 Å². The molecule has 3 unspecified atom stereocenters. The molecule has 2 aliphatic carbocycles. The van der Waals surface area contributed by atoms with Gasteiger partial charge in [0.05, 0.1) is 0 Å². The first-order chi connectivity index (χ1) is 9.74. The third-order valence-corrected chi connectivity index (χ3v) is 5.31. The van der Waals surface area contributed by atoms with E-state index in [4.69, 9.17) is 0 Å². The van der Waals surface area contributed by atoms with Crippen molar-refractivity contribution in [3.8, 4) is 0 Å². The smallest absolute Gasteiger partial charge is 0.133 e. The predicted molar refractivity (Wildman–Crippen MR) is 82.9 cm³/mol. The zero-order chi connectivity index (χ0) is 13.9. The molecule has 20 heavy (non-hydrogen) atoms. The van der Waals surface area contributed by atoms with E-state index < -0.39 is 0 Å². The molecule has 1 heterocycles. The van der Waals surface area contributed by atoms with Crippen LogP contribution >= 0.6 is 0 Å². The standard InChI is InChI=1S/C17H27N3/c1-12-8-9-14(10-13(12)2)20-17-15-6-4-3-5-7-16(15)18-11-19-17/h11-14H,3-10H2,1-2H3,(H,18,19,20). The Morgan fingerprint density at radius 3 is 2.70 bits per heavy atom. The van der Waals surface area contributed by atoms with Crippen molar-refractivity contribution in [1.82, 2.24) is 9.97 Å². The highest BCUT2D eigenvalue weighted by molar-refractivity contribution is 5.47. The maximum Gasteiger partial charge on any atom is 0.133 e. The lowest BCUT2D eigenvalue weighted by atomic mass is 9.79. The number of aryl methyl sites for hydroxylation is 1. The topological polar surface area (TPSA) is 37.8 Å². The maximum absolute atomic E-state index is 4.55. The minimum Gasteiger partial charge on any atom is -0.367 e. The Bertz CT molecular complexity index is 458. The molecule has 3 rings (SSSR count). The van der Waals surface area contributed by atoms with Crippen LogP contribution in [0.3, 0.4) is 0 Å². The molecule has 0 aliphatic heterocycles. The highest BCUT2D eigenvalue weighted by Gasteiger charge is 2.25. The van der Waals surface area contributed by atoms with Crippen molar-refractivity contribution < 1.29 is 0 Å². The van der Waals surface area contributed by atoms with Crippen molar-refractivity contribution in [3.63, 3.8) is 0 Å². The van der Waals surface area contributed by atoms with Crippen molar-refractivity contribution in [2.24, 2.45) is 11.8 Å². The molecule has 1 saturated carbocycles. The van der Waals surface area contributed by atoms with Crippen LogP contribution in [0.5, 0.6) is 0 Å². The lowest BCUT2D eigenvalue weighted by Gasteiger charge is -2.33. The van der Waals surface area contributed by atoms with Gasteiger partial charge < -0.3 is 5.32 Å². The summed E-state index contributed by atoms with van der Waals surface area (Å²) in [5, 5.41) is 3.74. The summed E-state index contributed by atoms with van der Waals surface area (Å²) in [5.41, 5.74) is 2.69. The highest BCUT2D eigenvalue weighted by atomic mass is 15.0. The van der Waals surface area contributed by atoms with Crippen LogP contribution < -0.4 is 5.32 Å². The predicted octanol–water partition coefficient (Wildman–Crippen LogP) is 3.98. The van der Waals surface area contributed by atoms with Crippen molar-refractivity contribution in [3.05, 3.63) is 17.6 Å². The summed E-state index contributed by atoms with van der Waals surface area (Å²) in [7, 11) is 0. The molecule has 3 nitrogen and oxygen atoms in total. The molecular formula is C17H27N3. The SMILES string of the molecule is CC1CCC(Nc2ncnc3c2CCCCC3)CC1C. The first kappa shape index (κ1) is 13.8. The van der Waals surface area contributed by atoms with Gasteiger partial charge in [-0.15, -0.1) is 0 Å². The third-order valence-electron chi connectivity index (χ3n) is 5.31. The zero-order valence-electron chi connectivity index (χ0n) is 12.9. The second kappa shape index (κ2) is 6.11. The Labute approximate surface area is 122 Å². The van der Waals surface area contributed by atoms with Gasteiger partial charge >= 0.3 is 0 Å². The lowest BCUT2D eigenvalue weighted by Crippen LogP contribution is -2.31. The molecule has 0 amide bonds. The van der Waals surface area contributed by atoms with Crippen LogP contribution in [0.1, 0.15) is 63.6 Å². The van der Waals surface area contributed by atoms with Crippen LogP contribution in [-0.2, 0) is 12.8 Å². The third kappa shape index (κ3) is 2.97. The Hall–Kier alpha value is -1.12. The van der Waals surface area contributed by atoms with Crippen LogP contribution in [0.4, 0.5) is 5.82 Å². The molecule has 0 radical (unpaired) electrons. The zero-order valence-corrected chi connectivity index (χ0v) is 12.9. The second-order valence-electron chi connectivity index (χ2n) is 6.82. The molecule has 1 aromatic rings. The molecule has 3 atom stereocenters. The largest absolute Gasteiger partial charge is 0.367 e. The number of aromatic nitrogens is 2. The van der Waals surface area contributed by atoms with Gasteiger partial charge in [0.15, 0.2) is 0 Å². The number of fused-ring (bicyclic) bond motifs is 1. The van der Waals surface area contributed by atoms with E-state index in [0.717, 1.165) is 30.5 Å². The summed E-state index contributed by atoms with van der Waals surface area (Å²) in [4.78, 5) is 9.06. The van der Waals surface area contributed by atoms with E-state index in [1.807, 2.05) is 0 Å². The molecule has 0 saturated heterocycles. The molecule has 1 aromatic heterocycles. The number of hydrogen-bond acceptors (Lipinski definition) is 3. The molecule has 2 aliphatic rings. The van der Waals surface area contributed by atoms with Crippen molar-refractivity contribution in [2.45, 2.75) is 71.3 Å². The monoisotopic (exact) mass is 273 g/mol. The number of nitrogens with one attached hydrogen (secondary N) is 1. The molecule has 0 spiro atoms.